The first-order chi connectivity index (χ1) is 15.2. The summed E-state index contributed by atoms with van der Waals surface area (Å²) in [6.07, 6.45) is 1.83. The zero-order valence-electron chi connectivity index (χ0n) is 18.4. The fraction of sp³-hybridized carbons (Fsp3) is 0.259. The highest BCUT2D eigenvalue weighted by atomic mass is 35.5. The summed E-state index contributed by atoms with van der Waals surface area (Å²) in [5, 5.41) is 14.1. The van der Waals surface area contributed by atoms with Gasteiger partial charge in [0.25, 0.3) is 0 Å². The van der Waals surface area contributed by atoms with Crippen molar-refractivity contribution < 1.29 is 14.6 Å². The van der Waals surface area contributed by atoms with E-state index >= 15 is 0 Å². The first-order valence-corrected chi connectivity index (χ1v) is 10.7. The van der Waals surface area contributed by atoms with Gasteiger partial charge < -0.3 is 19.9 Å². The van der Waals surface area contributed by atoms with E-state index in [1.165, 1.54) is 0 Å². The van der Waals surface area contributed by atoms with Crippen LogP contribution in [-0.2, 0) is 6.42 Å². The van der Waals surface area contributed by atoms with Crippen LogP contribution >= 0.6 is 12.4 Å². The second-order valence-electron chi connectivity index (χ2n) is 7.30. The molecule has 0 radical (unpaired) electrons. The standard InChI is InChI=1S/C27H31NO3.ClH/c1-3-12-23-17-11-18-25(30-4-2)27(23)31-20-24(29)19-28-26(21-13-7-5-8-14-21)22-15-9-6-10-16-22;/h3,5-11,13-18,24,26,28-29H,1,4,12,19-20H2,2H3;1H. The summed E-state index contributed by atoms with van der Waals surface area (Å²) < 4.78 is 11.7. The van der Waals surface area contributed by atoms with E-state index in [1.54, 1.807) is 0 Å². The Hall–Kier alpha value is -2.79. The molecule has 0 aliphatic rings. The van der Waals surface area contributed by atoms with E-state index in [9.17, 15) is 5.11 Å². The van der Waals surface area contributed by atoms with E-state index in [4.69, 9.17) is 9.47 Å². The topological polar surface area (TPSA) is 50.7 Å². The Labute approximate surface area is 197 Å². The van der Waals surface area contributed by atoms with Crippen LogP contribution in [0.15, 0.2) is 91.5 Å². The van der Waals surface area contributed by atoms with Gasteiger partial charge in [-0.05, 0) is 30.5 Å². The van der Waals surface area contributed by atoms with Gasteiger partial charge in [-0.3, -0.25) is 0 Å². The lowest BCUT2D eigenvalue weighted by Crippen LogP contribution is -2.34. The van der Waals surface area contributed by atoms with Gasteiger partial charge in [-0.1, -0.05) is 78.9 Å². The van der Waals surface area contributed by atoms with Crippen molar-refractivity contribution in [3.63, 3.8) is 0 Å². The van der Waals surface area contributed by atoms with Crippen molar-refractivity contribution in [1.29, 1.82) is 0 Å². The highest BCUT2D eigenvalue weighted by Crippen LogP contribution is 2.32. The fourth-order valence-electron chi connectivity index (χ4n) is 3.52. The minimum Gasteiger partial charge on any atom is -0.490 e. The second-order valence-corrected chi connectivity index (χ2v) is 7.30. The van der Waals surface area contributed by atoms with E-state index in [0.29, 0.717) is 31.1 Å². The number of hydrogen-bond donors (Lipinski definition) is 2. The Kier molecular flexibility index (Phi) is 10.8. The van der Waals surface area contributed by atoms with Gasteiger partial charge in [-0.15, -0.1) is 19.0 Å². The summed E-state index contributed by atoms with van der Waals surface area (Å²) in [7, 11) is 0. The zero-order valence-corrected chi connectivity index (χ0v) is 19.3. The number of benzene rings is 3. The maximum Gasteiger partial charge on any atom is 0.164 e. The summed E-state index contributed by atoms with van der Waals surface area (Å²) in [4.78, 5) is 0. The summed E-state index contributed by atoms with van der Waals surface area (Å²) in [5.41, 5.74) is 3.29. The molecule has 0 spiro atoms. The Morgan fingerprint density at radius 3 is 2.09 bits per heavy atom. The lowest BCUT2D eigenvalue weighted by molar-refractivity contribution is 0.102. The Morgan fingerprint density at radius 1 is 0.906 bits per heavy atom. The first-order valence-electron chi connectivity index (χ1n) is 10.7. The first kappa shape index (κ1) is 25.5. The van der Waals surface area contributed by atoms with E-state index in [2.05, 4.69) is 36.2 Å². The Morgan fingerprint density at radius 2 is 1.53 bits per heavy atom. The third kappa shape index (κ3) is 7.13. The van der Waals surface area contributed by atoms with E-state index < -0.39 is 6.10 Å². The van der Waals surface area contributed by atoms with Crippen molar-refractivity contribution in [3.8, 4) is 11.5 Å². The normalized spacial score (nSPS) is 11.5. The largest absolute Gasteiger partial charge is 0.490 e. The summed E-state index contributed by atoms with van der Waals surface area (Å²) in [6.45, 7) is 6.86. The number of rotatable bonds is 12. The summed E-state index contributed by atoms with van der Waals surface area (Å²) >= 11 is 0. The number of nitrogens with one attached hydrogen (secondary N) is 1. The van der Waals surface area contributed by atoms with Gasteiger partial charge in [0, 0.05) is 12.1 Å². The van der Waals surface area contributed by atoms with Crippen LogP contribution in [0.25, 0.3) is 0 Å². The maximum absolute atomic E-state index is 10.6. The SMILES string of the molecule is C=CCc1cccc(OCC)c1OCC(O)CNC(c1ccccc1)c1ccccc1.Cl. The van der Waals surface area contributed by atoms with Crippen molar-refractivity contribution >= 4 is 12.4 Å². The van der Waals surface area contributed by atoms with Crippen molar-refractivity contribution in [3.05, 3.63) is 108 Å². The average molecular weight is 454 g/mol. The van der Waals surface area contributed by atoms with Crippen LogP contribution in [0.2, 0.25) is 0 Å². The average Bonchev–Trinajstić information content (AvgIpc) is 2.80. The molecule has 0 amide bonds. The van der Waals surface area contributed by atoms with Gasteiger partial charge >= 0.3 is 0 Å². The number of ether oxygens (including phenoxy) is 2. The van der Waals surface area contributed by atoms with Crippen LogP contribution in [-0.4, -0.2) is 31.0 Å². The lowest BCUT2D eigenvalue weighted by atomic mass is 9.98. The third-order valence-electron chi connectivity index (χ3n) is 4.97. The molecule has 3 aromatic rings. The fourth-order valence-corrected chi connectivity index (χ4v) is 3.52. The number of halogens is 1. The molecular weight excluding hydrogens is 422 g/mol. The van der Waals surface area contributed by atoms with Crippen LogP contribution in [0.4, 0.5) is 0 Å². The van der Waals surface area contributed by atoms with Crippen LogP contribution in [0.5, 0.6) is 11.5 Å². The minimum absolute atomic E-state index is 0. The highest BCUT2D eigenvalue weighted by molar-refractivity contribution is 5.85. The van der Waals surface area contributed by atoms with Gasteiger partial charge in [0.2, 0.25) is 0 Å². The maximum atomic E-state index is 10.6. The predicted molar refractivity (Wildman–Crippen MR) is 133 cm³/mol. The van der Waals surface area contributed by atoms with Crippen LogP contribution in [0.1, 0.15) is 29.7 Å². The molecule has 0 aliphatic heterocycles. The number of aliphatic hydroxyl groups excluding tert-OH is 1. The number of aliphatic hydroxyl groups is 1. The lowest BCUT2D eigenvalue weighted by Gasteiger charge is -2.23. The van der Waals surface area contributed by atoms with Gasteiger partial charge in [0.1, 0.15) is 12.7 Å². The van der Waals surface area contributed by atoms with Crippen molar-refractivity contribution in [2.24, 2.45) is 0 Å². The molecule has 0 saturated heterocycles. The smallest absolute Gasteiger partial charge is 0.164 e. The molecule has 0 aliphatic carbocycles. The molecule has 5 heteroatoms. The monoisotopic (exact) mass is 453 g/mol. The molecule has 0 fully saturated rings. The van der Waals surface area contributed by atoms with Crippen LogP contribution in [0.3, 0.4) is 0 Å². The third-order valence-corrected chi connectivity index (χ3v) is 4.97. The van der Waals surface area contributed by atoms with Crippen molar-refractivity contribution in [2.75, 3.05) is 19.8 Å². The molecule has 1 unspecified atom stereocenters. The molecule has 4 nitrogen and oxygen atoms in total. The Balaban J connectivity index is 0.00000363. The molecule has 170 valence electrons. The zero-order chi connectivity index (χ0) is 21.9. The number of allylic oxidation sites excluding steroid dienone is 1. The predicted octanol–water partition coefficient (Wildman–Crippen LogP) is 5.35. The van der Waals surface area contributed by atoms with Gasteiger partial charge in [0.15, 0.2) is 11.5 Å². The van der Waals surface area contributed by atoms with Crippen molar-refractivity contribution in [2.45, 2.75) is 25.5 Å². The highest BCUT2D eigenvalue weighted by Gasteiger charge is 2.17. The molecule has 0 heterocycles. The molecule has 1 atom stereocenters. The molecule has 3 aromatic carbocycles. The molecule has 0 saturated carbocycles. The molecule has 3 rings (SSSR count). The second kappa shape index (κ2) is 13.6. The van der Waals surface area contributed by atoms with Gasteiger partial charge in [-0.25, -0.2) is 0 Å². The van der Waals surface area contributed by atoms with E-state index in [1.807, 2.05) is 67.6 Å². The number of para-hydroxylation sites is 1. The van der Waals surface area contributed by atoms with Gasteiger partial charge in [0.05, 0.1) is 12.6 Å². The quantitative estimate of drug-likeness (QED) is 0.363. The molecule has 32 heavy (non-hydrogen) atoms. The van der Waals surface area contributed by atoms with Gasteiger partial charge in [-0.2, -0.15) is 0 Å². The molecule has 0 aromatic heterocycles. The summed E-state index contributed by atoms with van der Waals surface area (Å²) in [5.74, 6) is 1.36. The molecule has 2 N–H and O–H groups in total. The van der Waals surface area contributed by atoms with E-state index in [0.717, 1.165) is 16.7 Å². The minimum atomic E-state index is -0.679. The van der Waals surface area contributed by atoms with E-state index in [-0.39, 0.29) is 25.1 Å². The Bertz CT molecular complexity index is 895. The number of hydrogen-bond acceptors (Lipinski definition) is 4. The van der Waals surface area contributed by atoms with Crippen LogP contribution < -0.4 is 14.8 Å². The van der Waals surface area contributed by atoms with Crippen LogP contribution in [0, 0.1) is 0 Å². The molecule has 0 bridgehead atoms. The summed E-state index contributed by atoms with van der Waals surface area (Å²) in [6, 6.07) is 26.3. The van der Waals surface area contributed by atoms with Crippen molar-refractivity contribution in [1.82, 2.24) is 5.32 Å². The molecular formula is C27H32ClNO3.